The van der Waals surface area contributed by atoms with Crippen LogP contribution in [-0.4, -0.2) is 46.1 Å². The Labute approximate surface area is 164 Å². The Kier molecular flexibility index (Phi) is 4.15. The molecule has 28 heavy (non-hydrogen) atoms. The van der Waals surface area contributed by atoms with E-state index in [1.807, 2.05) is 18.5 Å². The normalized spacial score (nSPS) is 19.2. The predicted molar refractivity (Wildman–Crippen MR) is 113 cm³/mol. The van der Waals surface area contributed by atoms with Gasteiger partial charge in [0, 0.05) is 38.1 Å². The summed E-state index contributed by atoms with van der Waals surface area (Å²) in [6, 6.07) is 6.62. The topological polar surface area (TPSA) is 73.0 Å². The molecular formula is C21H25N7. The zero-order chi connectivity index (χ0) is 19.1. The summed E-state index contributed by atoms with van der Waals surface area (Å²) in [5, 5.41) is 4.46. The van der Waals surface area contributed by atoms with Gasteiger partial charge in [-0.05, 0) is 43.4 Å². The van der Waals surface area contributed by atoms with E-state index < -0.39 is 0 Å². The number of aromatic nitrogens is 4. The number of allylic oxidation sites excluding steroid dienone is 1. The first-order valence-electron chi connectivity index (χ1n) is 9.87. The van der Waals surface area contributed by atoms with E-state index in [0.29, 0.717) is 12.0 Å². The van der Waals surface area contributed by atoms with Crippen LogP contribution in [0, 0.1) is 5.92 Å². The number of pyridine rings is 1. The maximum atomic E-state index is 4.67. The molecule has 3 aromatic rings. The smallest absolute Gasteiger partial charge is 0.142 e. The fourth-order valence-electron chi connectivity index (χ4n) is 3.94. The third kappa shape index (κ3) is 3.17. The molecule has 7 heteroatoms. The van der Waals surface area contributed by atoms with Crippen molar-refractivity contribution < 1.29 is 0 Å². The SMILES string of the molecule is C=C(Nc1ccc(N(C)[C@@H]2CCN(c3ncnc4[nH]ccc34)C2)nc1)C1CC1. The third-order valence-corrected chi connectivity index (χ3v) is 5.83. The monoisotopic (exact) mass is 375 g/mol. The summed E-state index contributed by atoms with van der Waals surface area (Å²) in [5.74, 6) is 2.64. The molecular weight excluding hydrogens is 350 g/mol. The Morgan fingerprint density at radius 1 is 1.21 bits per heavy atom. The summed E-state index contributed by atoms with van der Waals surface area (Å²) in [4.78, 5) is 21.3. The van der Waals surface area contributed by atoms with Crippen LogP contribution in [0.1, 0.15) is 19.3 Å². The lowest BCUT2D eigenvalue weighted by molar-refractivity contribution is 0.684. The number of nitrogens with one attached hydrogen (secondary N) is 2. The fraction of sp³-hybridized carbons (Fsp3) is 0.381. The van der Waals surface area contributed by atoms with Crippen LogP contribution in [-0.2, 0) is 0 Å². The highest BCUT2D eigenvalue weighted by atomic mass is 15.3. The van der Waals surface area contributed by atoms with E-state index in [1.54, 1.807) is 6.33 Å². The van der Waals surface area contributed by atoms with E-state index in [1.165, 1.54) is 12.8 Å². The first kappa shape index (κ1) is 17.0. The van der Waals surface area contributed by atoms with Gasteiger partial charge in [-0.15, -0.1) is 0 Å². The van der Waals surface area contributed by atoms with Crippen LogP contribution in [0.15, 0.2) is 49.2 Å². The summed E-state index contributed by atoms with van der Waals surface area (Å²) in [6.07, 6.45) is 9.03. The Bertz CT molecular complexity index is 989. The molecule has 1 aliphatic carbocycles. The first-order valence-corrected chi connectivity index (χ1v) is 9.87. The van der Waals surface area contributed by atoms with Crippen molar-refractivity contribution in [1.29, 1.82) is 0 Å². The van der Waals surface area contributed by atoms with Crippen molar-refractivity contribution in [3.8, 4) is 0 Å². The Balaban J connectivity index is 1.26. The highest BCUT2D eigenvalue weighted by Gasteiger charge is 2.29. The van der Waals surface area contributed by atoms with Gasteiger partial charge >= 0.3 is 0 Å². The maximum absolute atomic E-state index is 4.67. The standard InChI is InChI=1S/C21H25N7/c1-14(15-3-4-15)26-16-5-6-19(23-11-16)27(2)17-8-10-28(12-17)21-18-7-9-22-20(18)24-13-25-21/h5-7,9,11,13,15,17,26H,1,3-4,8,10,12H2,2H3,(H,22,24,25)/t17-/m1/s1. The lowest BCUT2D eigenvalue weighted by Gasteiger charge is -2.26. The molecule has 5 rings (SSSR count). The van der Waals surface area contributed by atoms with Crippen molar-refractivity contribution in [3.05, 3.63) is 49.2 Å². The van der Waals surface area contributed by atoms with Crippen molar-refractivity contribution >= 4 is 28.4 Å². The van der Waals surface area contributed by atoms with Gasteiger partial charge in [-0.1, -0.05) is 6.58 Å². The molecule has 1 saturated carbocycles. The average Bonchev–Trinajstić information content (AvgIpc) is 3.26. The quantitative estimate of drug-likeness (QED) is 0.688. The lowest BCUT2D eigenvalue weighted by Crippen LogP contribution is -2.35. The minimum absolute atomic E-state index is 0.400. The van der Waals surface area contributed by atoms with Crippen LogP contribution in [0.2, 0.25) is 0 Å². The maximum Gasteiger partial charge on any atom is 0.142 e. The van der Waals surface area contributed by atoms with Gasteiger partial charge in [-0.3, -0.25) is 0 Å². The molecule has 0 aromatic carbocycles. The summed E-state index contributed by atoms with van der Waals surface area (Å²) < 4.78 is 0. The van der Waals surface area contributed by atoms with Crippen LogP contribution in [0.3, 0.4) is 0 Å². The molecule has 2 aliphatic rings. The zero-order valence-electron chi connectivity index (χ0n) is 16.1. The van der Waals surface area contributed by atoms with Crippen LogP contribution in [0.25, 0.3) is 11.0 Å². The zero-order valence-corrected chi connectivity index (χ0v) is 16.1. The summed E-state index contributed by atoms with van der Waals surface area (Å²) >= 11 is 0. The van der Waals surface area contributed by atoms with Gasteiger partial charge in [0.1, 0.15) is 23.6 Å². The van der Waals surface area contributed by atoms with Crippen LogP contribution < -0.4 is 15.1 Å². The molecule has 0 unspecified atom stereocenters. The van der Waals surface area contributed by atoms with E-state index in [-0.39, 0.29) is 0 Å². The van der Waals surface area contributed by atoms with E-state index in [9.17, 15) is 0 Å². The van der Waals surface area contributed by atoms with Crippen LogP contribution in [0.5, 0.6) is 0 Å². The van der Waals surface area contributed by atoms with Gasteiger partial charge in [0.15, 0.2) is 0 Å². The van der Waals surface area contributed by atoms with Crippen molar-refractivity contribution in [2.75, 3.05) is 35.3 Å². The molecule has 7 nitrogen and oxygen atoms in total. The number of anilines is 3. The minimum atomic E-state index is 0.400. The van der Waals surface area contributed by atoms with Crippen molar-refractivity contribution in [2.24, 2.45) is 5.92 Å². The third-order valence-electron chi connectivity index (χ3n) is 5.83. The number of H-pyrrole nitrogens is 1. The van der Waals surface area contributed by atoms with Crippen molar-refractivity contribution in [2.45, 2.75) is 25.3 Å². The molecule has 1 aliphatic heterocycles. The number of nitrogens with zero attached hydrogens (tertiary/aromatic N) is 5. The summed E-state index contributed by atoms with van der Waals surface area (Å²) in [7, 11) is 2.12. The molecule has 2 fully saturated rings. The minimum Gasteiger partial charge on any atom is -0.358 e. The first-order chi connectivity index (χ1) is 13.7. The second-order valence-electron chi connectivity index (χ2n) is 7.77. The predicted octanol–water partition coefficient (Wildman–Crippen LogP) is 3.40. The number of hydrogen-bond donors (Lipinski definition) is 2. The number of likely N-dealkylation sites (N-methyl/N-ethyl adjacent to an activating group) is 1. The van der Waals surface area contributed by atoms with Crippen molar-refractivity contribution in [1.82, 2.24) is 19.9 Å². The highest BCUT2D eigenvalue weighted by molar-refractivity contribution is 5.87. The second kappa shape index (κ2) is 6.82. The Morgan fingerprint density at radius 2 is 2.11 bits per heavy atom. The molecule has 0 amide bonds. The summed E-state index contributed by atoms with van der Waals surface area (Å²) in [6.45, 7) is 6.02. The number of hydrogen-bond acceptors (Lipinski definition) is 6. The van der Waals surface area contributed by atoms with Gasteiger partial charge in [-0.2, -0.15) is 0 Å². The molecule has 0 radical (unpaired) electrons. The number of rotatable bonds is 6. The Hall–Kier alpha value is -3.09. The van der Waals surface area contributed by atoms with E-state index in [4.69, 9.17) is 0 Å². The average molecular weight is 375 g/mol. The van der Waals surface area contributed by atoms with Gasteiger partial charge < -0.3 is 20.1 Å². The molecule has 4 heterocycles. The fourth-order valence-corrected chi connectivity index (χ4v) is 3.94. The summed E-state index contributed by atoms with van der Waals surface area (Å²) in [5.41, 5.74) is 3.01. The second-order valence-corrected chi connectivity index (χ2v) is 7.77. The molecule has 2 N–H and O–H groups in total. The lowest BCUT2D eigenvalue weighted by atomic mass is 10.2. The largest absolute Gasteiger partial charge is 0.358 e. The number of aromatic amines is 1. The van der Waals surface area contributed by atoms with Gasteiger partial charge in [0.2, 0.25) is 0 Å². The van der Waals surface area contributed by atoms with Gasteiger partial charge in [-0.25, -0.2) is 15.0 Å². The molecule has 3 aromatic heterocycles. The van der Waals surface area contributed by atoms with Gasteiger partial charge in [0.25, 0.3) is 0 Å². The molecule has 1 atom stereocenters. The van der Waals surface area contributed by atoms with Crippen LogP contribution in [0.4, 0.5) is 17.3 Å². The molecule has 0 bridgehead atoms. The Morgan fingerprint density at radius 3 is 2.89 bits per heavy atom. The van der Waals surface area contributed by atoms with Crippen LogP contribution >= 0.6 is 0 Å². The van der Waals surface area contributed by atoms with E-state index in [0.717, 1.165) is 53.6 Å². The van der Waals surface area contributed by atoms with Crippen molar-refractivity contribution in [3.63, 3.8) is 0 Å². The van der Waals surface area contributed by atoms with E-state index in [2.05, 4.69) is 60.8 Å². The van der Waals surface area contributed by atoms with E-state index >= 15 is 0 Å². The molecule has 0 spiro atoms. The number of fused-ring (bicyclic) bond motifs is 1. The molecule has 1 saturated heterocycles. The van der Waals surface area contributed by atoms with Gasteiger partial charge in [0.05, 0.1) is 17.3 Å². The molecule has 144 valence electrons. The highest BCUT2D eigenvalue weighted by Crippen LogP contribution is 2.36.